The molecule has 148 valence electrons. The van der Waals surface area contributed by atoms with E-state index in [1.165, 1.54) is 26.6 Å². The zero-order valence-corrected chi connectivity index (χ0v) is 16.0. The zero-order chi connectivity index (χ0) is 20.3. The summed E-state index contributed by atoms with van der Waals surface area (Å²) >= 11 is 0. The zero-order valence-electron chi connectivity index (χ0n) is 16.0. The van der Waals surface area contributed by atoms with Gasteiger partial charge in [0.1, 0.15) is 11.8 Å². The van der Waals surface area contributed by atoms with Gasteiger partial charge in [-0.3, -0.25) is 9.78 Å². The van der Waals surface area contributed by atoms with Crippen LogP contribution < -0.4 is 19.7 Å². The fraction of sp³-hybridized carbons (Fsp3) is 0.300. The van der Waals surface area contributed by atoms with E-state index in [9.17, 15) is 15.0 Å². The number of carbonyl (C=O) groups excluding carboxylic acids is 1. The number of hydrogen-bond donors (Lipinski definition) is 3. The summed E-state index contributed by atoms with van der Waals surface area (Å²) in [5.41, 5.74) is 1.34. The smallest absolute Gasteiger partial charge is 0.255 e. The highest BCUT2D eigenvalue weighted by atomic mass is 16.5. The maximum absolute atomic E-state index is 12.6. The summed E-state index contributed by atoms with van der Waals surface area (Å²) < 4.78 is 10.8. The molecule has 0 saturated carbocycles. The molecule has 0 aliphatic carbocycles. The van der Waals surface area contributed by atoms with Crippen LogP contribution in [0.1, 0.15) is 35.4 Å². The van der Waals surface area contributed by atoms with Crippen molar-refractivity contribution in [1.82, 2.24) is 10.3 Å². The van der Waals surface area contributed by atoms with Gasteiger partial charge in [-0.05, 0) is 30.7 Å². The minimum Gasteiger partial charge on any atom is -0.493 e. The molecule has 1 aromatic carbocycles. The Balaban J connectivity index is 2.08. The van der Waals surface area contributed by atoms with Crippen molar-refractivity contribution >= 4 is 11.6 Å². The quantitative estimate of drug-likeness (QED) is 0.702. The highest BCUT2D eigenvalue weighted by molar-refractivity contribution is 5.95. The van der Waals surface area contributed by atoms with E-state index in [4.69, 9.17) is 9.47 Å². The van der Waals surface area contributed by atoms with E-state index in [1.807, 2.05) is 6.92 Å². The summed E-state index contributed by atoms with van der Waals surface area (Å²) in [5.74, 6) is 0.107. The van der Waals surface area contributed by atoms with Crippen molar-refractivity contribution in [3.8, 4) is 11.5 Å². The monoisotopic (exact) mass is 385 g/mol. The third-order valence-electron chi connectivity index (χ3n) is 4.53. The summed E-state index contributed by atoms with van der Waals surface area (Å²) in [7, 11) is 2.98. The molecule has 0 bridgehead atoms. The first-order chi connectivity index (χ1) is 13.5. The Morgan fingerprint density at radius 3 is 2.54 bits per heavy atom. The van der Waals surface area contributed by atoms with Gasteiger partial charge >= 0.3 is 0 Å². The number of hydrogen-bond acceptors (Lipinski definition) is 7. The predicted molar refractivity (Wildman–Crippen MR) is 104 cm³/mol. The van der Waals surface area contributed by atoms with E-state index < -0.39 is 12.0 Å². The number of aliphatic hydroxyl groups is 2. The second-order valence-electron chi connectivity index (χ2n) is 6.22. The number of ether oxygens (including phenoxy) is 2. The minimum atomic E-state index is -1.31. The van der Waals surface area contributed by atoms with E-state index in [0.717, 1.165) is 6.42 Å². The van der Waals surface area contributed by atoms with Crippen molar-refractivity contribution < 1.29 is 24.5 Å². The lowest BCUT2D eigenvalue weighted by Gasteiger charge is -2.35. The number of nitrogens with one attached hydrogen (secondary N) is 1. The summed E-state index contributed by atoms with van der Waals surface area (Å²) in [4.78, 5) is 18.1. The summed E-state index contributed by atoms with van der Waals surface area (Å²) in [5, 5.41) is 24.4. The molecule has 0 fully saturated rings. The Bertz CT molecular complexity index is 898. The number of aliphatic hydroxyl groups excluding tert-OH is 2. The van der Waals surface area contributed by atoms with Crippen LogP contribution in [0.15, 0.2) is 48.2 Å². The third kappa shape index (κ3) is 3.34. The average Bonchev–Trinajstić information content (AvgIpc) is 2.73. The lowest BCUT2D eigenvalue weighted by Crippen LogP contribution is -2.38. The number of pyridine rings is 1. The molecule has 3 N–H and O–H groups in total. The SMILES string of the molecule is CCCN1C(O)=C(NC(=O)c2ccncc2)C(O)c2c1ccc(OC)c2OC. The first-order valence-electron chi connectivity index (χ1n) is 8.88. The normalized spacial score (nSPS) is 15.9. The van der Waals surface area contributed by atoms with Gasteiger partial charge in [-0.15, -0.1) is 0 Å². The van der Waals surface area contributed by atoms with Gasteiger partial charge < -0.3 is 29.9 Å². The van der Waals surface area contributed by atoms with Crippen molar-refractivity contribution in [1.29, 1.82) is 0 Å². The van der Waals surface area contributed by atoms with E-state index >= 15 is 0 Å². The number of aromatic nitrogens is 1. The molecule has 1 atom stereocenters. The van der Waals surface area contributed by atoms with Gasteiger partial charge in [0, 0.05) is 24.5 Å². The van der Waals surface area contributed by atoms with Crippen molar-refractivity contribution in [2.45, 2.75) is 19.4 Å². The molecule has 2 heterocycles. The van der Waals surface area contributed by atoms with E-state index in [-0.39, 0.29) is 11.6 Å². The average molecular weight is 385 g/mol. The van der Waals surface area contributed by atoms with E-state index in [2.05, 4.69) is 10.3 Å². The number of anilines is 1. The first kappa shape index (κ1) is 19.5. The predicted octanol–water partition coefficient (Wildman–Crippen LogP) is 2.52. The van der Waals surface area contributed by atoms with Crippen molar-refractivity contribution in [2.24, 2.45) is 0 Å². The fourth-order valence-corrected chi connectivity index (χ4v) is 3.24. The Morgan fingerprint density at radius 2 is 1.93 bits per heavy atom. The van der Waals surface area contributed by atoms with Crippen LogP contribution in [0.4, 0.5) is 5.69 Å². The number of benzene rings is 1. The van der Waals surface area contributed by atoms with Gasteiger partial charge in [-0.25, -0.2) is 0 Å². The van der Waals surface area contributed by atoms with Crippen LogP contribution in [0.3, 0.4) is 0 Å². The molecule has 0 radical (unpaired) electrons. The van der Waals surface area contributed by atoms with E-state index in [0.29, 0.717) is 34.9 Å². The maximum atomic E-state index is 12.6. The van der Waals surface area contributed by atoms with Crippen molar-refractivity contribution in [2.75, 3.05) is 25.7 Å². The molecule has 0 spiro atoms. The molecule has 3 rings (SSSR count). The van der Waals surface area contributed by atoms with Crippen LogP contribution in [-0.2, 0) is 0 Å². The molecule has 8 nitrogen and oxygen atoms in total. The van der Waals surface area contributed by atoms with Crippen LogP contribution >= 0.6 is 0 Å². The number of carbonyl (C=O) groups is 1. The Morgan fingerprint density at radius 1 is 1.21 bits per heavy atom. The molecule has 1 unspecified atom stereocenters. The second kappa shape index (κ2) is 8.18. The number of amides is 1. The lowest BCUT2D eigenvalue weighted by molar-refractivity contribution is 0.0938. The van der Waals surface area contributed by atoms with Gasteiger partial charge in [-0.1, -0.05) is 6.92 Å². The van der Waals surface area contributed by atoms with Crippen LogP contribution in [0, 0.1) is 0 Å². The summed E-state index contributed by atoms with van der Waals surface area (Å²) in [6, 6.07) is 6.54. The molecule has 1 amide bonds. The van der Waals surface area contributed by atoms with Crippen molar-refractivity contribution in [3.05, 3.63) is 59.4 Å². The topological polar surface area (TPSA) is 104 Å². The number of rotatable bonds is 6. The standard InChI is InChI=1S/C20H23N3O5/c1-4-11-23-13-5-6-14(27-2)18(28-3)15(13)17(24)16(20(23)26)22-19(25)12-7-9-21-10-8-12/h5-10,17,24,26H,4,11H2,1-3H3,(H,22,25). The Labute approximate surface area is 163 Å². The largest absolute Gasteiger partial charge is 0.493 e. The third-order valence-corrected chi connectivity index (χ3v) is 4.53. The minimum absolute atomic E-state index is 0.0192. The van der Waals surface area contributed by atoms with Gasteiger partial charge in [0.25, 0.3) is 5.91 Å². The summed E-state index contributed by atoms with van der Waals surface area (Å²) in [6.07, 6.45) is 2.42. The van der Waals surface area contributed by atoms with Gasteiger partial charge in [0.05, 0.1) is 25.5 Å². The van der Waals surface area contributed by atoms with Crippen molar-refractivity contribution in [3.63, 3.8) is 0 Å². The van der Waals surface area contributed by atoms with Crippen LogP contribution in [-0.4, -0.2) is 41.9 Å². The molecule has 28 heavy (non-hydrogen) atoms. The Kier molecular flexibility index (Phi) is 5.70. The molecule has 0 saturated heterocycles. The molecule has 1 aliphatic heterocycles. The lowest BCUT2D eigenvalue weighted by atomic mass is 9.97. The highest BCUT2D eigenvalue weighted by Crippen LogP contribution is 2.47. The molecule has 2 aromatic rings. The van der Waals surface area contributed by atoms with Crippen LogP contribution in [0.5, 0.6) is 11.5 Å². The maximum Gasteiger partial charge on any atom is 0.255 e. The molecular weight excluding hydrogens is 362 g/mol. The van der Waals surface area contributed by atoms with Crippen LogP contribution in [0.25, 0.3) is 0 Å². The van der Waals surface area contributed by atoms with Crippen LogP contribution in [0.2, 0.25) is 0 Å². The summed E-state index contributed by atoms with van der Waals surface area (Å²) in [6.45, 7) is 2.45. The number of fused-ring (bicyclic) bond motifs is 1. The van der Waals surface area contributed by atoms with Gasteiger partial charge in [0.15, 0.2) is 11.5 Å². The fourth-order valence-electron chi connectivity index (χ4n) is 3.24. The highest BCUT2D eigenvalue weighted by Gasteiger charge is 2.36. The van der Waals surface area contributed by atoms with Gasteiger partial charge in [-0.2, -0.15) is 0 Å². The molecular formula is C20H23N3O5. The first-order valence-corrected chi connectivity index (χ1v) is 8.88. The molecule has 8 heteroatoms. The second-order valence-corrected chi connectivity index (χ2v) is 6.22. The molecule has 1 aliphatic rings. The Hall–Kier alpha value is -3.26. The van der Waals surface area contributed by atoms with Gasteiger partial charge in [0.2, 0.25) is 5.88 Å². The number of nitrogens with zero attached hydrogens (tertiary/aromatic N) is 2. The van der Waals surface area contributed by atoms with E-state index in [1.54, 1.807) is 29.2 Å². The number of methoxy groups -OCH3 is 2. The molecule has 1 aromatic heterocycles.